The van der Waals surface area contributed by atoms with Gasteiger partial charge in [-0.3, -0.25) is 4.98 Å². The van der Waals surface area contributed by atoms with Gasteiger partial charge in [0.1, 0.15) is 0 Å². The molecule has 0 amide bonds. The van der Waals surface area contributed by atoms with Crippen LogP contribution in [0.4, 0.5) is 5.69 Å². The summed E-state index contributed by atoms with van der Waals surface area (Å²) >= 11 is 0. The standard InChI is InChI=1S/C20H16N4O/c1-2-4-17(5-3-1)20-23-19(24-25-20)16-6-8-18(9-7-16)22-14-15-10-12-21-13-11-15/h1-13,22H,14H2. The van der Waals surface area contributed by atoms with Crippen molar-refractivity contribution in [3.8, 4) is 22.8 Å². The first-order valence-electron chi connectivity index (χ1n) is 8.01. The van der Waals surface area contributed by atoms with Crippen molar-refractivity contribution in [2.75, 3.05) is 5.32 Å². The third-order valence-corrected chi connectivity index (χ3v) is 3.84. The molecule has 0 saturated heterocycles. The molecule has 0 spiro atoms. The smallest absolute Gasteiger partial charge is 0.258 e. The normalized spacial score (nSPS) is 10.6. The second-order valence-electron chi connectivity index (χ2n) is 5.58. The van der Waals surface area contributed by atoms with Crippen LogP contribution in [0.25, 0.3) is 22.8 Å². The quantitative estimate of drug-likeness (QED) is 0.588. The van der Waals surface area contributed by atoms with Gasteiger partial charge in [0.05, 0.1) is 0 Å². The van der Waals surface area contributed by atoms with Gasteiger partial charge >= 0.3 is 0 Å². The van der Waals surface area contributed by atoms with Gasteiger partial charge in [-0.15, -0.1) is 0 Å². The Morgan fingerprint density at radius 3 is 2.32 bits per heavy atom. The monoisotopic (exact) mass is 328 g/mol. The van der Waals surface area contributed by atoms with Crippen LogP contribution in [-0.2, 0) is 6.54 Å². The summed E-state index contributed by atoms with van der Waals surface area (Å²) in [4.78, 5) is 8.49. The van der Waals surface area contributed by atoms with Gasteiger partial charge in [-0.2, -0.15) is 4.98 Å². The van der Waals surface area contributed by atoms with Gasteiger partial charge in [0.25, 0.3) is 5.89 Å². The fraction of sp³-hybridized carbons (Fsp3) is 0.0500. The molecule has 0 bridgehead atoms. The van der Waals surface area contributed by atoms with Gasteiger partial charge in [-0.25, -0.2) is 0 Å². The van der Waals surface area contributed by atoms with E-state index in [4.69, 9.17) is 4.52 Å². The summed E-state index contributed by atoms with van der Waals surface area (Å²) in [6.45, 7) is 0.752. The van der Waals surface area contributed by atoms with E-state index in [0.29, 0.717) is 11.7 Å². The lowest BCUT2D eigenvalue weighted by atomic mass is 10.2. The van der Waals surface area contributed by atoms with Crippen LogP contribution in [-0.4, -0.2) is 15.1 Å². The first kappa shape index (κ1) is 15.1. The molecule has 2 heterocycles. The average molecular weight is 328 g/mol. The Labute approximate surface area is 145 Å². The molecule has 4 aromatic rings. The predicted molar refractivity (Wildman–Crippen MR) is 96.7 cm³/mol. The van der Waals surface area contributed by atoms with E-state index in [-0.39, 0.29) is 0 Å². The third kappa shape index (κ3) is 3.55. The number of hydrogen-bond donors (Lipinski definition) is 1. The van der Waals surface area contributed by atoms with Crippen molar-refractivity contribution in [2.45, 2.75) is 6.54 Å². The van der Waals surface area contributed by atoms with E-state index in [1.54, 1.807) is 12.4 Å². The Balaban J connectivity index is 1.46. The van der Waals surface area contributed by atoms with Crippen LogP contribution in [0.1, 0.15) is 5.56 Å². The first-order valence-corrected chi connectivity index (χ1v) is 8.01. The van der Waals surface area contributed by atoms with Crippen LogP contribution >= 0.6 is 0 Å². The molecular weight excluding hydrogens is 312 g/mol. The van der Waals surface area contributed by atoms with E-state index in [9.17, 15) is 0 Å². The van der Waals surface area contributed by atoms with Crippen molar-refractivity contribution in [3.05, 3.63) is 84.7 Å². The zero-order valence-corrected chi connectivity index (χ0v) is 13.5. The first-order chi connectivity index (χ1) is 12.4. The molecule has 5 nitrogen and oxygen atoms in total. The lowest BCUT2D eigenvalue weighted by molar-refractivity contribution is 0.432. The SMILES string of the molecule is c1ccc(-c2nc(-c3ccc(NCc4ccncc4)cc3)no2)cc1. The number of rotatable bonds is 5. The van der Waals surface area contributed by atoms with Gasteiger partial charge in [-0.05, 0) is 54.1 Å². The molecule has 0 atom stereocenters. The van der Waals surface area contributed by atoms with Crippen molar-refractivity contribution in [1.82, 2.24) is 15.1 Å². The molecule has 0 aliphatic carbocycles. The highest BCUT2D eigenvalue weighted by molar-refractivity contribution is 5.62. The van der Waals surface area contributed by atoms with Crippen LogP contribution < -0.4 is 5.32 Å². The Kier molecular flexibility index (Phi) is 4.20. The Morgan fingerprint density at radius 1 is 0.800 bits per heavy atom. The summed E-state index contributed by atoms with van der Waals surface area (Å²) < 4.78 is 5.36. The number of nitrogens with one attached hydrogen (secondary N) is 1. The highest BCUT2D eigenvalue weighted by Gasteiger charge is 2.10. The molecule has 4 rings (SSSR count). The summed E-state index contributed by atoms with van der Waals surface area (Å²) in [5.41, 5.74) is 4.05. The fourth-order valence-electron chi connectivity index (χ4n) is 2.48. The van der Waals surface area contributed by atoms with E-state index >= 15 is 0 Å². The third-order valence-electron chi connectivity index (χ3n) is 3.84. The van der Waals surface area contributed by atoms with Crippen molar-refractivity contribution in [1.29, 1.82) is 0 Å². The molecule has 0 aliphatic rings. The zero-order chi connectivity index (χ0) is 16.9. The summed E-state index contributed by atoms with van der Waals surface area (Å²) in [6, 6.07) is 21.7. The average Bonchev–Trinajstić information content (AvgIpc) is 3.19. The van der Waals surface area contributed by atoms with E-state index in [1.165, 1.54) is 5.56 Å². The highest BCUT2D eigenvalue weighted by Crippen LogP contribution is 2.23. The second kappa shape index (κ2) is 6.97. The fourth-order valence-corrected chi connectivity index (χ4v) is 2.48. The van der Waals surface area contributed by atoms with Crippen molar-refractivity contribution in [3.63, 3.8) is 0 Å². The van der Waals surface area contributed by atoms with Crippen LogP contribution in [0.3, 0.4) is 0 Å². The summed E-state index contributed by atoms with van der Waals surface area (Å²) in [7, 11) is 0. The lowest BCUT2D eigenvalue weighted by Crippen LogP contribution is -1.99. The largest absolute Gasteiger partial charge is 0.381 e. The van der Waals surface area contributed by atoms with Crippen molar-refractivity contribution in [2.24, 2.45) is 0 Å². The van der Waals surface area contributed by atoms with Gasteiger partial charge in [0.2, 0.25) is 5.82 Å². The molecule has 0 radical (unpaired) electrons. The number of hydrogen-bond acceptors (Lipinski definition) is 5. The van der Waals surface area contributed by atoms with E-state index < -0.39 is 0 Å². The molecule has 2 aromatic carbocycles. The van der Waals surface area contributed by atoms with Gasteiger partial charge < -0.3 is 9.84 Å². The topological polar surface area (TPSA) is 63.8 Å². The number of benzene rings is 2. The molecular formula is C20H16N4O. The van der Waals surface area contributed by atoms with Crippen LogP contribution in [0, 0.1) is 0 Å². The Morgan fingerprint density at radius 2 is 1.56 bits per heavy atom. The summed E-state index contributed by atoms with van der Waals surface area (Å²) in [5.74, 6) is 1.11. The molecule has 2 aromatic heterocycles. The van der Waals surface area contributed by atoms with Crippen LogP contribution in [0.15, 0.2) is 83.6 Å². The Hall–Kier alpha value is -3.47. The van der Waals surface area contributed by atoms with Crippen LogP contribution in [0.2, 0.25) is 0 Å². The second-order valence-corrected chi connectivity index (χ2v) is 5.58. The maximum atomic E-state index is 5.36. The maximum Gasteiger partial charge on any atom is 0.258 e. The summed E-state index contributed by atoms with van der Waals surface area (Å²) in [6.07, 6.45) is 3.58. The number of nitrogens with zero attached hydrogens (tertiary/aromatic N) is 3. The maximum absolute atomic E-state index is 5.36. The lowest BCUT2D eigenvalue weighted by Gasteiger charge is -2.06. The molecule has 25 heavy (non-hydrogen) atoms. The van der Waals surface area contributed by atoms with Gasteiger partial charge in [0.15, 0.2) is 0 Å². The minimum Gasteiger partial charge on any atom is -0.381 e. The predicted octanol–water partition coefficient (Wildman–Crippen LogP) is 4.41. The van der Waals surface area contributed by atoms with Crippen LogP contribution in [0.5, 0.6) is 0 Å². The number of pyridine rings is 1. The zero-order valence-electron chi connectivity index (χ0n) is 13.5. The molecule has 0 saturated carbocycles. The van der Waals surface area contributed by atoms with Gasteiger partial charge in [-0.1, -0.05) is 23.4 Å². The molecule has 1 N–H and O–H groups in total. The summed E-state index contributed by atoms with van der Waals surface area (Å²) in [5, 5.41) is 7.45. The van der Waals surface area contributed by atoms with E-state index in [0.717, 1.165) is 23.4 Å². The number of anilines is 1. The minimum atomic E-state index is 0.524. The molecule has 122 valence electrons. The number of aromatic nitrogens is 3. The Bertz CT molecular complexity index is 934. The minimum absolute atomic E-state index is 0.524. The molecule has 0 aliphatic heterocycles. The van der Waals surface area contributed by atoms with E-state index in [2.05, 4.69) is 20.4 Å². The molecule has 0 fully saturated rings. The van der Waals surface area contributed by atoms with Crippen molar-refractivity contribution >= 4 is 5.69 Å². The molecule has 0 unspecified atom stereocenters. The van der Waals surface area contributed by atoms with E-state index in [1.807, 2.05) is 66.7 Å². The van der Waals surface area contributed by atoms with Gasteiger partial charge in [0, 0.05) is 35.8 Å². The van der Waals surface area contributed by atoms with Crippen molar-refractivity contribution < 1.29 is 4.52 Å². The molecule has 5 heteroatoms. The highest BCUT2D eigenvalue weighted by atomic mass is 16.5.